The van der Waals surface area contributed by atoms with Gasteiger partial charge in [0.25, 0.3) is 0 Å². The first kappa shape index (κ1) is 15.3. The molecule has 1 atom stereocenters. The van der Waals surface area contributed by atoms with Gasteiger partial charge in [-0.25, -0.2) is 0 Å². The van der Waals surface area contributed by atoms with Gasteiger partial charge in [-0.15, -0.1) is 0 Å². The Morgan fingerprint density at radius 3 is 2.87 bits per heavy atom. The predicted molar refractivity (Wildman–Crippen MR) is 84.7 cm³/mol. The van der Waals surface area contributed by atoms with Crippen LogP contribution in [0.2, 0.25) is 0 Å². The third kappa shape index (κ3) is 2.97. The van der Waals surface area contributed by atoms with E-state index in [4.69, 9.17) is 0 Å². The van der Waals surface area contributed by atoms with Crippen LogP contribution in [-0.2, 0) is 9.59 Å². The average molecular weight is 313 g/mol. The highest BCUT2D eigenvalue weighted by Crippen LogP contribution is 2.34. The van der Waals surface area contributed by atoms with Crippen molar-refractivity contribution >= 4 is 17.6 Å². The third-order valence-corrected chi connectivity index (χ3v) is 4.39. The lowest BCUT2D eigenvalue weighted by Crippen LogP contribution is -2.39. The monoisotopic (exact) mass is 313 g/mol. The molecule has 3 rings (SSSR count). The van der Waals surface area contributed by atoms with Gasteiger partial charge in [0.05, 0.1) is 6.04 Å². The molecule has 1 aliphatic heterocycles. The van der Waals surface area contributed by atoms with Gasteiger partial charge in [-0.3, -0.25) is 14.9 Å². The summed E-state index contributed by atoms with van der Waals surface area (Å²) in [6, 6.07) is 7.53. The van der Waals surface area contributed by atoms with Crippen molar-refractivity contribution in [3.8, 4) is 0 Å². The maximum atomic E-state index is 12.5. The van der Waals surface area contributed by atoms with Crippen LogP contribution in [0, 0.1) is 13.8 Å². The second kappa shape index (κ2) is 6.24. The van der Waals surface area contributed by atoms with Gasteiger partial charge in [-0.05, 0) is 43.4 Å². The number of aromatic nitrogens is 1. The van der Waals surface area contributed by atoms with Gasteiger partial charge in [0.15, 0.2) is 5.82 Å². The first-order valence-electron chi connectivity index (χ1n) is 7.66. The standard InChI is InChI=1S/C17H19N3O3/c1-11-5-3-6-13(12(11)2)14-7-4-9-20(14)17(22)16(21)18-15-8-10-23-19-15/h3,5-6,8,10,14H,4,7,9H2,1-2H3,(H,18,19,21)/t14-/m1/s1. The van der Waals surface area contributed by atoms with Crippen molar-refractivity contribution in [3.05, 3.63) is 47.2 Å². The van der Waals surface area contributed by atoms with Crippen molar-refractivity contribution in [3.63, 3.8) is 0 Å². The molecule has 1 aromatic heterocycles. The molecule has 1 saturated heterocycles. The number of carbonyl (C=O) groups excluding carboxylic acids is 2. The van der Waals surface area contributed by atoms with Crippen molar-refractivity contribution in [2.75, 3.05) is 11.9 Å². The highest BCUT2D eigenvalue weighted by molar-refractivity contribution is 6.39. The second-order valence-corrected chi connectivity index (χ2v) is 5.78. The SMILES string of the molecule is Cc1cccc([C@H]2CCCN2C(=O)C(=O)Nc2ccon2)c1C. The second-order valence-electron chi connectivity index (χ2n) is 5.78. The van der Waals surface area contributed by atoms with Gasteiger partial charge in [0, 0.05) is 12.6 Å². The summed E-state index contributed by atoms with van der Waals surface area (Å²) in [5.41, 5.74) is 3.48. The van der Waals surface area contributed by atoms with Gasteiger partial charge in [-0.1, -0.05) is 23.4 Å². The molecule has 1 N–H and O–H groups in total. The number of aryl methyl sites for hydroxylation is 1. The Balaban J connectivity index is 1.79. The van der Waals surface area contributed by atoms with Crippen LogP contribution >= 0.6 is 0 Å². The number of benzene rings is 1. The predicted octanol–water partition coefficient (Wildman–Crippen LogP) is 2.59. The van der Waals surface area contributed by atoms with E-state index < -0.39 is 11.8 Å². The average Bonchev–Trinajstić information content (AvgIpc) is 3.20. The van der Waals surface area contributed by atoms with E-state index in [1.165, 1.54) is 23.5 Å². The fraction of sp³-hybridized carbons (Fsp3) is 0.353. The lowest BCUT2D eigenvalue weighted by Gasteiger charge is -2.26. The fourth-order valence-electron chi connectivity index (χ4n) is 3.05. The van der Waals surface area contributed by atoms with Crippen LogP contribution in [0.3, 0.4) is 0 Å². The summed E-state index contributed by atoms with van der Waals surface area (Å²) in [6.07, 6.45) is 3.10. The number of hydrogen-bond acceptors (Lipinski definition) is 4. The number of rotatable bonds is 2. The molecule has 6 heteroatoms. The zero-order chi connectivity index (χ0) is 16.4. The summed E-state index contributed by atoms with van der Waals surface area (Å²) in [4.78, 5) is 26.3. The summed E-state index contributed by atoms with van der Waals surface area (Å²) >= 11 is 0. The molecule has 1 aromatic carbocycles. The van der Waals surface area contributed by atoms with E-state index >= 15 is 0 Å². The minimum Gasteiger partial charge on any atom is -0.363 e. The molecular formula is C17H19N3O3. The van der Waals surface area contributed by atoms with E-state index in [1.54, 1.807) is 4.90 Å². The Morgan fingerprint density at radius 2 is 2.13 bits per heavy atom. The smallest absolute Gasteiger partial charge is 0.315 e. The molecule has 120 valence electrons. The van der Waals surface area contributed by atoms with E-state index in [0.29, 0.717) is 6.54 Å². The Labute approximate surface area is 134 Å². The van der Waals surface area contributed by atoms with E-state index in [2.05, 4.69) is 34.9 Å². The highest BCUT2D eigenvalue weighted by Gasteiger charge is 2.34. The molecule has 2 amide bonds. The van der Waals surface area contributed by atoms with E-state index in [0.717, 1.165) is 18.4 Å². The van der Waals surface area contributed by atoms with Crippen LogP contribution in [0.15, 0.2) is 35.1 Å². The Hall–Kier alpha value is -2.63. The Kier molecular flexibility index (Phi) is 4.14. The van der Waals surface area contributed by atoms with Crippen molar-refractivity contribution in [2.24, 2.45) is 0 Å². The maximum Gasteiger partial charge on any atom is 0.315 e. The zero-order valence-electron chi connectivity index (χ0n) is 13.2. The quantitative estimate of drug-likeness (QED) is 0.865. The van der Waals surface area contributed by atoms with Gasteiger partial charge >= 0.3 is 11.8 Å². The minimum atomic E-state index is -0.684. The van der Waals surface area contributed by atoms with E-state index in [1.807, 2.05) is 12.1 Å². The minimum absolute atomic E-state index is 0.0505. The molecule has 23 heavy (non-hydrogen) atoms. The Morgan fingerprint density at radius 1 is 1.30 bits per heavy atom. The molecule has 1 aliphatic rings. The van der Waals surface area contributed by atoms with Gasteiger partial charge < -0.3 is 9.42 Å². The first-order valence-corrected chi connectivity index (χ1v) is 7.66. The molecule has 0 bridgehead atoms. The largest absolute Gasteiger partial charge is 0.363 e. The van der Waals surface area contributed by atoms with Crippen molar-refractivity contribution in [2.45, 2.75) is 32.7 Å². The number of carbonyl (C=O) groups is 2. The van der Waals surface area contributed by atoms with Crippen LogP contribution in [0.5, 0.6) is 0 Å². The van der Waals surface area contributed by atoms with Crippen LogP contribution in [0.4, 0.5) is 5.82 Å². The normalized spacial score (nSPS) is 17.3. The number of likely N-dealkylation sites (tertiary alicyclic amines) is 1. The van der Waals surface area contributed by atoms with Crippen LogP contribution in [0.1, 0.15) is 35.6 Å². The summed E-state index contributed by atoms with van der Waals surface area (Å²) < 4.78 is 4.65. The molecule has 1 fully saturated rings. The number of nitrogens with one attached hydrogen (secondary N) is 1. The highest BCUT2D eigenvalue weighted by atomic mass is 16.5. The first-order chi connectivity index (χ1) is 11.1. The third-order valence-electron chi connectivity index (χ3n) is 4.39. The molecule has 0 saturated carbocycles. The van der Waals surface area contributed by atoms with Crippen LogP contribution in [-0.4, -0.2) is 28.4 Å². The fourth-order valence-corrected chi connectivity index (χ4v) is 3.05. The topological polar surface area (TPSA) is 75.4 Å². The molecule has 0 aliphatic carbocycles. The Bertz CT molecular complexity index is 725. The summed E-state index contributed by atoms with van der Waals surface area (Å²) in [5, 5.41) is 6.05. The van der Waals surface area contributed by atoms with E-state index in [9.17, 15) is 9.59 Å². The van der Waals surface area contributed by atoms with Gasteiger partial charge in [0.1, 0.15) is 6.26 Å². The number of amides is 2. The summed E-state index contributed by atoms with van der Waals surface area (Å²) in [7, 11) is 0. The molecule has 0 unspecified atom stereocenters. The molecule has 0 radical (unpaired) electrons. The lowest BCUT2D eigenvalue weighted by atomic mass is 9.96. The number of hydrogen-bond donors (Lipinski definition) is 1. The van der Waals surface area contributed by atoms with Crippen molar-refractivity contribution in [1.82, 2.24) is 10.1 Å². The van der Waals surface area contributed by atoms with Crippen molar-refractivity contribution < 1.29 is 14.1 Å². The molecule has 2 heterocycles. The zero-order valence-corrected chi connectivity index (χ0v) is 13.2. The molecular weight excluding hydrogens is 294 g/mol. The molecule has 6 nitrogen and oxygen atoms in total. The molecule has 2 aromatic rings. The number of nitrogens with zero attached hydrogens (tertiary/aromatic N) is 2. The maximum absolute atomic E-state index is 12.5. The van der Waals surface area contributed by atoms with Crippen LogP contribution < -0.4 is 5.32 Å². The van der Waals surface area contributed by atoms with Gasteiger partial charge in [0.2, 0.25) is 0 Å². The van der Waals surface area contributed by atoms with E-state index in [-0.39, 0.29) is 11.9 Å². The van der Waals surface area contributed by atoms with Gasteiger partial charge in [-0.2, -0.15) is 0 Å². The lowest BCUT2D eigenvalue weighted by molar-refractivity contribution is -0.143. The number of anilines is 1. The molecule has 0 spiro atoms. The van der Waals surface area contributed by atoms with Crippen molar-refractivity contribution in [1.29, 1.82) is 0 Å². The summed E-state index contributed by atoms with van der Waals surface area (Å²) in [6.45, 7) is 4.70. The van der Waals surface area contributed by atoms with Crippen LogP contribution in [0.25, 0.3) is 0 Å². The summed E-state index contributed by atoms with van der Waals surface area (Å²) in [5.74, 6) is -0.974.